The van der Waals surface area contributed by atoms with Crippen molar-refractivity contribution >= 4 is 17.6 Å². The second-order valence-electron chi connectivity index (χ2n) is 3.60. The summed E-state index contributed by atoms with van der Waals surface area (Å²) in [6.45, 7) is 1.52. The molecule has 6 heteroatoms. The minimum absolute atomic E-state index is 0.198. The molecule has 0 fully saturated rings. The molecule has 0 saturated carbocycles. The van der Waals surface area contributed by atoms with Crippen LogP contribution in [0.1, 0.15) is 27.6 Å². The van der Waals surface area contributed by atoms with Gasteiger partial charge in [-0.1, -0.05) is 0 Å². The quantitative estimate of drug-likeness (QED) is 0.615. The van der Waals surface area contributed by atoms with Crippen LogP contribution in [0.5, 0.6) is 0 Å². The van der Waals surface area contributed by atoms with E-state index >= 15 is 0 Å². The van der Waals surface area contributed by atoms with E-state index in [0.29, 0.717) is 5.69 Å². The van der Waals surface area contributed by atoms with Crippen LogP contribution in [0.3, 0.4) is 0 Å². The molecule has 0 heterocycles. The van der Waals surface area contributed by atoms with E-state index in [4.69, 9.17) is 0 Å². The Balaban J connectivity index is 3.19. The van der Waals surface area contributed by atoms with Crippen LogP contribution in [-0.4, -0.2) is 37.5 Å². The number of hydrogen-bond acceptors (Lipinski definition) is 6. The molecule has 0 aliphatic heterocycles. The maximum atomic E-state index is 11.4. The Kier molecular flexibility index (Phi) is 4.67. The number of hydrogen-bond donors (Lipinski definition) is 2. The van der Waals surface area contributed by atoms with E-state index in [-0.39, 0.29) is 11.1 Å². The molecule has 0 aliphatic carbocycles. The fraction of sp³-hybridized carbons (Fsp3) is 0.333. The molecule has 0 aliphatic rings. The van der Waals surface area contributed by atoms with Crippen LogP contribution in [0.4, 0.5) is 5.69 Å². The zero-order chi connectivity index (χ0) is 13.7. The first-order chi connectivity index (χ1) is 8.47. The molecule has 1 aromatic carbocycles. The molecule has 1 rings (SSSR count). The van der Waals surface area contributed by atoms with Crippen molar-refractivity contribution in [1.82, 2.24) is 0 Å². The van der Waals surface area contributed by atoms with E-state index in [2.05, 4.69) is 14.8 Å². The minimum Gasteiger partial charge on any atom is -0.465 e. The topological polar surface area (TPSA) is 84.9 Å². The first-order valence-corrected chi connectivity index (χ1v) is 5.24. The monoisotopic (exact) mass is 253 g/mol. The van der Waals surface area contributed by atoms with Gasteiger partial charge in [-0.3, -0.25) is 0 Å². The summed E-state index contributed by atoms with van der Waals surface area (Å²) in [7, 11) is 2.49. The first-order valence-electron chi connectivity index (χ1n) is 5.24. The number of anilines is 1. The highest BCUT2D eigenvalue weighted by molar-refractivity contribution is 5.96. The van der Waals surface area contributed by atoms with Gasteiger partial charge in [-0.2, -0.15) is 0 Å². The smallest absolute Gasteiger partial charge is 0.337 e. The molecular weight excluding hydrogens is 238 g/mol. The molecular formula is C12H15NO5. The number of esters is 2. The van der Waals surface area contributed by atoms with Crippen molar-refractivity contribution in [3.05, 3.63) is 29.3 Å². The fourth-order valence-electron chi connectivity index (χ4n) is 1.42. The maximum absolute atomic E-state index is 11.4. The van der Waals surface area contributed by atoms with E-state index in [1.165, 1.54) is 39.3 Å². The summed E-state index contributed by atoms with van der Waals surface area (Å²) in [5.41, 5.74) is 0.820. The van der Waals surface area contributed by atoms with Crippen molar-refractivity contribution in [1.29, 1.82) is 0 Å². The lowest BCUT2D eigenvalue weighted by Crippen LogP contribution is -2.15. The number of aliphatic hydroxyl groups is 1. The van der Waals surface area contributed by atoms with Crippen LogP contribution < -0.4 is 5.32 Å². The lowest BCUT2D eigenvalue weighted by atomic mass is 10.1. The van der Waals surface area contributed by atoms with Crippen molar-refractivity contribution in [2.45, 2.75) is 13.2 Å². The van der Waals surface area contributed by atoms with Gasteiger partial charge in [0.05, 0.1) is 25.3 Å². The van der Waals surface area contributed by atoms with Gasteiger partial charge in [0.2, 0.25) is 0 Å². The molecule has 0 radical (unpaired) electrons. The fourth-order valence-corrected chi connectivity index (χ4v) is 1.42. The van der Waals surface area contributed by atoms with E-state index in [1.807, 2.05) is 0 Å². The van der Waals surface area contributed by atoms with Gasteiger partial charge in [0, 0.05) is 5.69 Å². The number of benzene rings is 1. The summed E-state index contributed by atoms with van der Waals surface area (Å²) in [5.74, 6) is -1.15. The average Bonchev–Trinajstić information content (AvgIpc) is 2.35. The Morgan fingerprint density at radius 1 is 1.11 bits per heavy atom. The molecule has 0 saturated heterocycles. The van der Waals surface area contributed by atoms with E-state index in [0.717, 1.165) is 0 Å². The highest BCUT2D eigenvalue weighted by Crippen LogP contribution is 2.17. The van der Waals surface area contributed by atoms with Crippen molar-refractivity contribution in [3.8, 4) is 0 Å². The molecule has 0 aromatic heterocycles. The van der Waals surface area contributed by atoms with E-state index in [9.17, 15) is 14.7 Å². The molecule has 0 amide bonds. The number of nitrogens with one attached hydrogen (secondary N) is 1. The molecule has 0 spiro atoms. The molecule has 0 bridgehead atoms. The Labute approximate surface area is 105 Å². The number of aliphatic hydroxyl groups excluding tert-OH is 1. The van der Waals surface area contributed by atoms with Gasteiger partial charge in [-0.25, -0.2) is 9.59 Å². The lowest BCUT2D eigenvalue weighted by molar-refractivity contribution is 0.0599. The number of ether oxygens (including phenoxy) is 2. The van der Waals surface area contributed by atoms with E-state index in [1.54, 1.807) is 0 Å². The standard InChI is InChI=1S/C12H15NO5/c1-7(14)13-10-5-8(11(15)17-2)4-9(6-10)12(16)18-3/h4-7,13-14H,1-3H3. The first kappa shape index (κ1) is 14.0. The second-order valence-corrected chi connectivity index (χ2v) is 3.60. The van der Waals surface area contributed by atoms with Crippen molar-refractivity contribution < 1.29 is 24.2 Å². The lowest BCUT2D eigenvalue weighted by Gasteiger charge is -2.12. The van der Waals surface area contributed by atoms with Crippen LogP contribution in [0.15, 0.2) is 18.2 Å². The summed E-state index contributed by atoms with van der Waals surface area (Å²) in [4.78, 5) is 22.9. The van der Waals surface area contributed by atoms with Crippen molar-refractivity contribution in [2.75, 3.05) is 19.5 Å². The second kappa shape index (κ2) is 6.02. The predicted octanol–water partition coefficient (Wildman–Crippen LogP) is 1.01. The van der Waals surface area contributed by atoms with Gasteiger partial charge in [0.25, 0.3) is 0 Å². The molecule has 98 valence electrons. The summed E-state index contributed by atoms with van der Waals surface area (Å²) < 4.78 is 9.17. The van der Waals surface area contributed by atoms with Crippen LogP contribution >= 0.6 is 0 Å². The van der Waals surface area contributed by atoms with Gasteiger partial charge >= 0.3 is 11.9 Å². The molecule has 1 atom stereocenters. The maximum Gasteiger partial charge on any atom is 0.337 e. The molecule has 18 heavy (non-hydrogen) atoms. The highest BCUT2D eigenvalue weighted by atomic mass is 16.5. The zero-order valence-electron chi connectivity index (χ0n) is 10.4. The molecule has 1 aromatic rings. The summed E-state index contributed by atoms with van der Waals surface area (Å²) in [5, 5.41) is 11.9. The largest absolute Gasteiger partial charge is 0.465 e. The number of carbonyl (C=O) groups is 2. The summed E-state index contributed by atoms with van der Waals surface area (Å²) >= 11 is 0. The molecule has 1 unspecified atom stereocenters. The van der Waals surface area contributed by atoms with Crippen LogP contribution in [0.2, 0.25) is 0 Å². The van der Waals surface area contributed by atoms with Crippen molar-refractivity contribution in [2.24, 2.45) is 0 Å². The van der Waals surface area contributed by atoms with Crippen LogP contribution in [0.25, 0.3) is 0 Å². The van der Waals surface area contributed by atoms with Gasteiger partial charge in [-0.05, 0) is 25.1 Å². The van der Waals surface area contributed by atoms with Gasteiger partial charge < -0.3 is 19.9 Å². The highest BCUT2D eigenvalue weighted by Gasteiger charge is 2.14. The molecule has 2 N–H and O–H groups in total. The zero-order valence-corrected chi connectivity index (χ0v) is 10.4. The van der Waals surface area contributed by atoms with Crippen LogP contribution in [0, 0.1) is 0 Å². The third kappa shape index (κ3) is 3.46. The number of methoxy groups -OCH3 is 2. The number of rotatable bonds is 4. The van der Waals surface area contributed by atoms with Gasteiger partial charge in [0.15, 0.2) is 0 Å². The average molecular weight is 253 g/mol. The summed E-state index contributed by atoms with van der Waals surface area (Å²) in [6.07, 6.45) is -0.816. The normalized spacial score (nSPS) is 11.6. The van der Waals surface area contributed by atoms with E-state index < -0.39 is 18.2 Å². The van der Waals surface area contributed by atoms with Crippen LogP contribution in [-0.2, 0) is 9.47 Å². The molecule has 6 nitrogen and oxygen atoms in total. The predicted molar refractivity (Wildman–Crippen MR) is 64.4 cm³/mol. The van der Waals surface area contributed by atoms with Gasteiger partial charge in [0.1, 0.15) is 6.23 Å². The minimum atomic E-state index is -0.816. The summed E-state index contributed by atoms with van der Waals surface area (Å²) in [6, 6.07) is 4.32. The SMILES string of the molecule is COC(=O)c1cc(NC(C)O)cc(C(=O)OC)c1. The third-order valence-corrected chi connectivity index (χ3v) is 2.15. The Morgan fingerprint density at radius 3 is 1.89 bits per heavy atom. The Bertz CT molecular complexity index is 422. The Morgan fingerprint density at radius 2 is 1.56 bits per heavy atom. The Hall–Kier alpha value is -2.08. The number of carbonyl (C=O) groups excluding carboxylic acids is 2. The van der Waals surface area contributed by atoms with Gasteiger partial charge in [-0.15, -0.1) is 0 Å². The van der Waals surface area contributed by atoms with Crippen molar-refractivity contribution in [3.63, 3.8) is 0 Å². The third-order valence-electron chi connectivity index (χ3n) is 2.15.